The van der Waals surface area contributed by atoms with Crippen molar-refractivity contribution in [3.8, 4) is 17.6 Å². The molecular weight excluding hydrogens is 262 g/mol. The normalized spacial score (nSPS) is 9.37. The first kappa shape index (κ1) is 15.4. The third-order valence-corrected chi connectivity index (χ3v) is 3.01. The lowest BCUT2D eigenvalue weighted by molar-refractivity contribution is -0.137. The second kappa shape index (κ2) is 9.31. The maximum absolute atomic E-state index is 10.9. The number of carbonyl (C=O) groups is 1. The second-order valence-electron chi connectivity index (χ2n) is 3.51. The summed E-state index contributed by atoms with van der Waals surface area (Å²) in [6, 6.07) is 7.53. The van der Waals surface area contributed by atoms with E-state index in [1.165, 1.54) is 18.9 Å². The average molecular weight is 279 g/mol. The van der Waals surface area contributed by atoms with Gasteiger partial charge >= 0.3 is 5.97 Å². The van der Waals surface area contributed by atoms with Crippen molar-refractivity contribution in [2.75, 3.05) is 31.8 Å². The number of hydrogen-bond donors (Lipinski definition) is 1. The van der Waals surface area contributed by atoms with Gasteiger partial charge in [-0.2, -0.15) is 0 Å². The van der Waals surface area contributed by atoms with Gasteiger partial charge in [0, 0.05) is 11.3 Å². The van der Waals surface area contributed by atoms with Crippen LogP contribution in [0.1, 0.15) is 5.56 Å². The van der Waals surface area contributed by atoms with Gasteiger partial charge < -0.3 is 15.2 Å². The molecule has 2 N–H and O–H groups in total. The Morgan fingerprint density at radius 1 is 1.47 bits per heavy atom. The molecule has 0 saturated heterocycles. The van der Waals surface area contributed by atoms with Gasteiger partial charge in [-0.1, -0.05) is 17.9 Å². The van der Waals surface area contributed by atoms with Crippen LogP contribution in [0.4, 0.5) is 0 Å². The predicted octanol–water partition coefficient (Wildman–Crippen LogP) is 1.28. The lowest BCUT2D eigenvalue weighted by Crippen LogP contribution is -2.06. The van der Waals surface area contributed by atoms with Crippen LogP contribution >= 0.6 is 11.8 Å². The Bertz CT molecular complexity index is 465. The second-order valence-corrected chi connectivity index (χ2v) is 4.62. The Hall–Kier alpha value is -1.64. The zero-order valence-electron chi connectivity index (χ0n) is 10.8. The SMILES string of the molecule is COC(=O)CSCCOc1cccc(C#CCN)c1. The number of ether oxygens (including phenoxy) is 2. The van der Waals surface area contributed by atoms with E-state index < -0.39 is 0 Å². The highest BCUT2D eigenvalue weighted by Crippen LogP contribution is 2.13. The minimum absolute atomic E-state index is 0.218. The molecule has 0 spiro atoms. The van der Waals surface area contributed by atoms with E-state index in [4.69, 9.17) is 10.5 Å². The molecule has 1 aromatic rings. The van der Waals surface area contributed by atoms with Crippen molar-refractivity contribution >= 4 is 17.7 Å². The summed E-state index contributed by atoms with van der Waals surface area (Å²) in [5.74, 6) is 7.37. The highest BCUT2D eigenvalue weighted by atomic mass is 32.2. The van der Waals surface area contributed by atoms with E-state index in [-0.39, 0.29) is 5.97 Å². The van der Waals surface area contributed by atoms with E-state index in [1.54, 1.807) is 0 Å². The third kappa shape index (κ3) is 6.75. The molecule has 0 aliphatic carbocycles. The van der Waals surface area contributed by atoms with Gasteiger partial charge in [-0.15, -0.1) is 11.8 Å². The van der Waals surface area contributed by atoms with Crippen molar-refractivity contribution in [1.29, 1.82) is 0 Å². The van der Waals surface area contributed by atoms with Crippen molar-refractivity contribution in [3.05, 3.63) is 29.8 Å². The van der Waals surface area contributed by atoms with Gasteiger partial charge in [-0.05, 0) is 18.2 Å². The van der Waals surface area contributed by atoms with Crippen LogP contribution in [-0.4, -0.2) is 37.7 Å². The van der Waals surface area contributed by atoms with Crippen LogP contribution in [0.5, 0.6) is 5.75 Å². The lowest BCUT2D eigenvalue weighted by Gasteiger charge is -2.06. The van der Waals surface area contributed by atoms with Crippen LogP contribution in [0.25, 0.3) is 0 Å². The average Bonchev–Trinajstić information content (AvgIpc) is 2.45. The molecule has 0 amide bonds. The van der Waals surface area contributed by atoms with Crippen molar-refractivity contribution < 1.29 is 14.3 Å². The number of nitrogens with two attached hydrogens (primary N) is 1. The number of hydrogen-bond acceptors (Lipinski definition) is 5. The maximum Gasteiger partial charge on any atom is 0.315 e. The Labute approximate surface area is 117 Å². The fraction of sp³-hybridized carbons (Fsp3) is 0.357. The fourth-order valence-corrected chi connectivity index (χ4v) is 1.88. The third-order valence-electron chi connectivity index (χ3n) is 2.11. The first-order chi connectivity index (χ1) is 9.26. The molecule has 0 aliphatic heterocycles. The van der Waals surface area contributed by atoms with Gasteiger partial charge in [0.05, 0.1) is 26.0 Å². The van der Waals surface area contributed by atoms with Crippen LogP contribution in [-0.2, 0) is 9.53 Å². The molecule has 1 rings (SSSR count). The van der Waals surface area contributed by atoms with Crippen molar-refractivity contribution in [1.82, 2.24) is 0 Å². The molecule has 0 aliphatic rings. The zero-order chi connectivity index (χ0) is 13.9. The standard InChI is InChI=1S/C14H17NO3S/c1-17-14(16)11-19-9-8-18-13-6-2-4-12(10-13)5-3-7-15/h2,4,6,10H,7-9,11,15H2,1H3. The summed E-state index contributed by atoms with van der Waals surface area (Å²) in [4.78, 5) is 10.9. The predicted molar refractivity (Wildman–Crippen MR) is 77.2 cm³/mol. The summed E-state index contributed by atoms with van der Waals surface area (Å²) in [6.45, 7) is 0.880. The molecule has 0 atom stereocenters. The van der Waals surface area contributed by atoms with E-state index in [9.17, 15) is 4.79 Å². The van der Waals surface area contributed by atoms with Crippen molar-refractivity contribution in [2.24, 2.45) is 5.73 Å². The molecule has 0 heterocycles. The van der Waals surface area contributed by atoms with E-state index in [1.807, 2.05) is 24.3 Å². The zero-order valence-corrected chi connectivity index (χ0v) is 11.7. The van der Waals surface area contributed by atoms with Gasteiger partial charge in [0.25, 0.3) is 0 Å². The highest BCUT2D eigenvalue weighted by Gasteiger charge is 2.00. The summed E-state index contributed by atoms with van der Waals surface area (Å²) < 4.78 is 10.1. The molecule has 0 saturated carbocycles. The minimum Gasteiger partial charge on any atom is -0.493 e. The van der Waals surface area contributed by atoms with Crippen molar-refractivity contribution in [3.63, 3.8) is 0 Å². The van der Waals surface area contributed by atoms with Crippen LogP contribution in [0, 0.1) is 11.8 Å². The summed E-state index contributed by atoms with van der Waals surface area (Å²) in [6.07, 6.45) is 0. The maximum atomic E-state index is 10.9. The summed E-state index contributed by atoms with van der Waals surface area (Å²) in [5.41, 5.74) is 6.20. The molecule has 0 unspecified atom stereocenters. The van der Waals surface area contributed by atoms with Gasteiger partial charge in [-0.3, -0.25) is 4.79 Å². The molecular formula is C14H17NO3S. The van der Waals surface area contributed by atoms with E-state index in [0.29, 0.717) is 18.9 Å². The molecule has 102 valence electrons. The lowest BCUT2D eigenvalue weighted by atomic mass is 10.2. The van der Waals surface area contributed by atoms with Crippen LogP contribution < -0.4 is 10.5 Å². The molecule has 0 fully saturated rings. The van der Waals surface area contributed by atoms with E-state index in [2.05, 4.69) is 16.6 Å². The Kier molecular flexibility index (Phi) is 7.56. The van der Waals surface area contributed by atoms with Gasteiger partial charge in [0.1, 0.15) is 5.75 Å². The minimum atomic E-state index is -0.218. The molecule has 1 aromatic carbocycles. The summed E-state index contributed by atoms with van der Waals surface area (Å²) >= 11 is 1.48. The van der Waals surface area contributed by atoms with Crippen LogP contribution in [0.15, 0.2) is 24.3 Å². The number of thioether (sulfide) groups is 1. The smallest absolute Gasteiger partial charge is 0.315 e. The quantitative estimate of drug-likeness (QED) is 0.483. The van der Waals surface area contributed by atoms with Gasteiger partial charge in [-0.25, -0.2) is 0 Å². The molecule has 5 heteroatoms. The highest BCUT2D eigenvalue weighted by molar-refractivity contribution is 7.99. The van der Waals surface area contributed by atoms with Gasteiger partial charge in [0.2, 0.25) is 0 Å². The van der Waals surface area contributed by atoms with E-state index in [0.717, 1.165) is 17.1 Å². The van der Waals surface area contributed by atoms with Crippen molar-refractivity contribution in [2.45, 2.75) is 0 Å². The first-order valence-corrected chi connectivity index (χ1v) is 6.98. The Morgan fingerprint density at radius 3 is 3.05 bits per heavy atom. The fourth-order valence-electron chi connectivity index (χ4n) is 1.25. The molecule has 0 radical (unpaired) electrons. The summed E-state index contributed by atoms with van der Waals surface area (Å²) in [7, 11) is 1.38. The molecule has 4 nitrogen and oxygen atoms in total. The number of esters is 1. The topological polar surface area (TPSA) is 61.5 Å². The number of methoxy groups -OCH3 is 1. The monoisotopic (exact) mass is 279 g/mol. The first-order valence-electron chi connectivity index (χ1n) is 5.82. The largest absolute Gasteiger partial charge is 0.493 e. The van der Waals surface area contributed by atoms with E-state index >= 15 is 0 Å². The molecule has 0 bridgehead atoms. The Balaban J connectivity index is 2.31. The molecule has 0 aromatic heterocycles. The number of benzene rings is 1. The number of carbonyl (C=O) groups excluding carboxylic acids is 1. The Morgan fingerprint density at radius 2 is 2.32 bits per heavy atom. The van der Waals surface area contributed by atoms with Crippen LogP contribution in [0.3, 0.4) is 0 Å². The number of rotatable bonds is 6. The molecule has 19 heavy (non-hydrogen) atoms. The van der Waals surface area contributed by atoms with Gasteiger partial charge in [0.15, 0.2) is 0 Å². The van der Waals surface area contributed by atoms with Crippen LogP contribution in [0.2, 0.25) is 0 Å². The summed E-state index contributed by atoms with van der Waals surface area (Å²) in [5, 5.41) is 0.